The molecule has 0 radical (unpaired) electrons. The summed E-state index contributed by atoms with van der Waals surface area (Å²) in [6.07, 6.45) is 9.54. The van der Waals surface area contributed by atoms with Crippen molar-refractivity contribution >= 4 is 28.9 Å². The Balaban J connectivity index is 1.90. The van der Waals surface area contributed by atoms with Gasteiger partial charge < -0.3 is 9.67 Å². The molecule has 0 aromatic carbocycles. The normalized spacial score (nSPS) is 18.2. The number of hydrogen-bond acceptors (Lipinski definition) is 4. The average Bonchev–Trinajstić information content (AvgIpc) is 2.84. The molecule has 1 unspecified atom stereocenters. The van der Waals surface area contributed by atoms with E-state index in [0.29, 0.717) is 5.92 Å². The molecule has 6 heteroatoms. The van der Waals surface area contributed by atoms with E-state index >= 15 is 0 Å². The predicted octanol–water partition coefficient (Wildman–Crippen LogP) is 2.96. The largest absolute Gasteiger partial charge is 0.481 e. The van der Waals surface area contributed by atoms with Gasteiger partial charge in [0.05, 0.1) is 5.75 Å². The number of carboxylic acids is 1. The van der Waals surface area contributed by atoms with Crippen LogP contribution < -0.4 is 0 Å². The molecule has 0 aliphatic heterocycles. The van der Waals surface area contributed by atoms with Crippen molar-refractivity contribution in [2.45, 2.75) is 31.0 Å². The Morgan fingerprint density at radius 2 is 2.38 bits per heavy atom. The molecule has 0 saturated heterocycles. The van der Waals surface area contributed by atoms with Crippen LogP contribution in [0.3, 0.4) is 0 Å². The van der Waals surface area contributed by atoms with Crippen LogP contribution in [-0.2, 0) is 11.3 Å². The number of aliphatic carboxylic acids is 1. The van der Waals surface area contributed by atoms with Crippen LogP contribution in [0.1, 0.15) is 19.3 Å². The molecule has 0 amide bonds. The molecular weight excluding hydrogens is 286 g/mol. The summed E-state index contributed by atoms with van der Waals surface area (Å²) in [5.41, 5.74) is 1.68. The first-order valence-corrected chi connectivity index (χ1v) is 8.03. The van der Waals surface area contributed by atoms with Gasteiger partial charge in [-0.25, -0.2) is 9.97 Å². The maximum Gasteiger partial charge on any atom is 0.313 e. The van der Waals surface area contributed by atoms with E-state index in [-0.39, 0.29) is 5.75 Å². The third kappa shape index (κ3) is 3.26. The summed E-state index contributed by atoms with van der Waals surface area (Å²) in [7, 11) is 0. The first-order valence-electron chi connectivity index (χ1n) is 7.05. The standard InChI is InChI=1S/C15H17N3O2S/c19-13(20)10-21-15-17-12-7-4-8-16-14(12)18(15)9-11-5-2-1-3-6-11/h1-2,4,7-8,11H,3,5-6,9-10H2,(H,19,20). The fraction of sp³-hybridized carbons (Fsp3) is 0.400. The average molecular weight is 303 g/mol. The van der Waals surface area contributed by atoms with Crippen molar-refractivity contribution in [3.63, 3.8) is 0 Å². The lowest BCUT2D eigenvalue weighted by Crippen LogP contribution is -2.13. The van der Waals surface area contributed by atoms with Crippen LogP contribution in [0.5, 0.6) is 0 Å². The zero-order valence-corrected chi connectivity index (χ0v) is 12.4. The molecule has 1 atom stereocenters. The zero-order valence-electron chi connectivity index (χ0n) is 11.6. The Labute approximate surface area is 127 Å². The van der Waals surface area contributed by atoms with Gasteiger partial charge in [0.1, 0.15) is 5.52 Å². The van der Waals surface area contributed by atoms with Gasteiger partial charge in [-0.15, -0.1) is 0 Å². The second-order valence-corrected chi connectivity index (χ2v) is 6.13. The number of nitrogens with zero attached hydrogens (tertiary/aromatic N) is 3. The van der Waals surface area contributed by atoms with E-state index in [9.17, 15) is 4.79 Å². The number of carboxylic acid groups (broad SMARTS) is 1. The minimum atomic E-state index is -0.827. The molecule has 0 bridgehead atoms. The molecule has 5 nitrogen and oxygen atoms in total. The van der Waals surface area contributed by atoms with E-state index in [0.717, 1.165) is 42.1 Å². The van der Waals surface area contributed by atoms with Gasteiger partial charge in [0.25, 0.3) is 0 Å². The lowest BCUT2D eigenvalue weighted by Gasteiger charge is -2.19. The monoisotopic (exact) mass is 303 g/mol. The van der Waals surface area contributed by atoms with Crippen LogP contribution >= 0.6 is 11.8 Å². The van der Waals surface area contributed by atoms with E-state index in [1.165, 1.54) is 11.8 Å². The highest BCUT2D eigenvalue weighted by molar-refractivity contribution is 7.99. The maximum atomic E-state index is 10.8. The zero-order chi connectivity index (χ0) is 14.7. The number of imidazole rings is 1. The first kappa shape index (κ1) is 14.1. The van der Waals surface area contributed by atoms with Gasteiger partial charge in [-0.2, -0.15) is 0 Å². The maximum absolute atomic E-state index is 10.8. The van der Waals surface area contributed by atoms with E-state index < -0.39 is 5.97 Å². The fourth-order valence-corrected chi connectivity index (χ4v) is 3.35. The number of thioether (sulfide) groups is 1. The van der Waals surface area contributed by atoms with E-state index in [1.54, 1.807) is 6.20 Å². The number of pyridine rings is 1. The molecule has 21 heavy (non-hydrogen) atoms. The summed E-state index contributed by atoms with van der Waals surface area (Å²) in [5.74, 6) is -0.237. The quantitative estimate of drug-likeness (QED) is 0.679. The smallest absolute Gasteiger partial charge is 0.313 e. The summed E-state index contributed by atoms with van der Waals surface area (Å²) in [6.45, 7) is 0.847. The van der Waals surface area contributed by atoms with Gasteiger partial charge in [-0.1, -0.05) is 23.9 Å². The molecular formula is C15H17N3O2S. The summed E-state index contributed by atoms with van der Waals surface area (Å²) in [6, 6.07) is 3.78. The van der Waals surface area contributed by atoms with Crippen molar-refractivity contribution in [2.75, 3.05) is 5.75 Å². The van der Waals surface area contributed by atoms with Crippen molar-refractivity contribution < 1.29 is 9.90 Å². The molecule has 3 rings (SSSR count). The van der Waals surface area contributed by atoms with Crippen molar-refractivity contribution in [2.24, 2.45) is 5.92 Å². The minimum absolute atomic E-state index is 0.0217. The highest BCUT2D eigenvalue weighted by atomic mass is 32.2. The van der Waals surface area contributed by atoms with Crippen LogP contribution in [0.2, 0.25) is 0 Å². The molecule has 1 N–H and O–H groups in total. The first-order chi connectivity index (χ1) is 10.2. The number of aromatic nitrogens is 3. The van der Waals surface area contributed by atoms with Crippen molar-refractivity contribution in [3.05, 3.63) is 30.5 Å². The van der Waals surface area contributed by atoms with Crippen molar-refractivity contribution in [1.29, 1.82) is 0 Å². The highest BCUT2D eigenvalue weighted by Gasteiger charge is 2.18. The van der Waals surface area contributed by atoms with Crippen LogP contribution in [0.15, 0.2) is 35.6 Å². The molecule has 1 aliphatic rings. The summed E-state index contributed by atoms with van der Waals surface area (Å²) >= 11 is 1.26. The molecule has 2 aromatic heterocycles. The van der Waals surface area contributed by atoms with E-state index in [2.05, 4.69) is 26.7 Å². The van der Waals surface area contributed by atoms with Gasteiger partial charge >= 0.3 is 5.97 Å². The van der Waals surface area contributed by atoms with Gasteiger partial charge in [0.15, 0.2) is 10.8 Å². The Morgan fingerprint density at radius 3 is 3.14 bits per heavy atom. The molecule has 2 aromatic rings. The predicted molar refractivity (Wildman–Crippen MR) is 82.4 cm³/mol. The number of allylic oxidation sites excluding steroid dienone is 2. The van der Waals surface area contributed by atoms with Crippen LogP contribution in [0.4, 0.5) is 0 Å². The molecule has 0 fully saturated rings. The highest BCUT2D eigenvalue weighted by Crippen LogP contribution is 2.27. The molecule has 2 heterocycles. The second kappa shape index (κ2) is 6.30. The number of rotatable bonds is 5. The van der Waals surface area contributed by atoms with Crippen LogP contribution in [0, 0.1) is 5.92 Å². The van der Waals surface area contributed by atoms with Gasteiger partial charge in [-0.3, -0.25) is 4.79 Å². The van der Waals surface area contributed by atoms with Gasteiger partial charge in [-0.05, 0) is 37.3 Å². The number of carbonyl (C=O) groups is 1. The minimum Gasteiger partial charge on any atom is -0.481 e. The van der Waals surface area contributed by atoms with Gasteiger partial charge in [0.2, 0.25) is 0 Å². The third-order valence-corrected chi connectivity index (χ3v) is 4.57. The van der Waals surface area contributed by atoms with Crippen LogP contribution in [0.25, 0.3) is 11.2 Å². The van der Waals surface area contributed by atoms with Gasteiger partial charge in [0, 0.05) is 12.7 Å². The molecule has 1 aliphatic carbocycles. The Morgan fingerprint density at radius 1 is 1.48 bits per heavy atom. The SMILES string of the molecule is O=C(O)CSc1nc2cccnc2n1CC1CC=CCC1. The molecule has 110 valence electrons. The van der Waals surface area contributed by atoms with Crippen LogP contribution in [-0.4, -0.2) is 31.4 Å². The summed E-state index contributed by atoms with van der Waals surface area (Å²) in [5, 5.41) is 9.63. The Bertz CT molecular complexity index is 681. The lowest BCUT2D eigenvalue weighted by molar-refractivity contribution is -0.133. The fourth-order valence-electron chi connectivity index (χ4n) is 2.62. The van der Waals surface area contributed by atoms with E-state index in [1.807, 2.05) is 12.1 Å². The van der Waals surface area contributed by atoms with Crippen molar-refractivity contribution in [3.8, 4) is 0 Å². The van der Waals surface area contributed by atoms with Crippen molar-refractivity contribution in [1.82, 2.24) is 14.5 Å². The summed E-state index contributed by atoms with van der Waals surface area (Å²) < 4.78 is 2.08. The second-order valence-electron chi connectivity index (χ2n) is 5.18. The van der Waals surface area contributed by atoms with E-state index in [4.69, 9.17) is 5.11 Å². The third-order valence-electron chi connectivity index (χ3n) is 3.61. The Kier molecular flexibility index (Phi) is 4.24. The molecule has 0 spiro atoms. The number of fused-ring (bicyclic) bond motifs is 1. The number of hydrogen-bond donors (Lipinski definition) is 1. The Hall–Kier alpha value is -1.82. The lowest BCUT2D eigenvalue weighted by atomic mass is 9.94. The topological polar surface area (TPSA) is 68.0 Å². The summed E-state index contributed by atoms with van der Waals surface area (Å²) in [4.78, 5) is 19.8. The molecule has 0 saturated carbocycles.